The Hall–Kier alpha value is -1.98. The predicted molar refractivity (Wildman–Crippen MR) is 131 cm³/mol. The molecule has 1 fully saturated rings. The minimum atomic E-state index is -0.134. The van der Waals surface area contributed by atoms with E-state index in [1.54, 1.807) is 6.07 Å². The second-order valence-corrected chi connectivity index (χ2v) is 12.5. The Kier molecular flexibility index (Phi) is 4.63. The molecule has 1 saturated carbocycles. The maximum absolute atomic E-state index is 12.6. The topological polar surface area (TPSA) is 61.5 Å². The zero-order valence-corrected chi connectivity index (χ0v) is 19.3. The van der Waals surface area contributed by atoms with Gasteiger partial charge in [-0.1, -0.05) is 46.9 Å². The number of halogens is 1. The fourth-order valence-electron chi connectivity index (χ4n) is 3.90. The molecule has 0 amide bonds. The van der Waals surface area contributed by atoms with Crippen LogP contribution in [0.4, 0.5) is 0 Å². The van der Waals surface area contributed by atoms with Crippen LogP contribution in [0.15, 0.2) is 59.5 Å². The summed E-state index contributed by atoms with van der Waals surface area (Å²) in [4.78, 5) is 23.6. The van der Waals surface area contributed by atoms with E-state index >= 15 is 0 Å². The van der Waals surface area contributed by atoms with E-state index in [4.69, 9.17) is 0 Å². The highest BCUT2D eigenvalue weighted by atomic mass is 127. The zero-order valence-electron chi connectivity index (χ0n) is 16.0. The van der Waals surface area contributed by atoms with Gasteiger partial charge in [0.2, 0.25) is 5.56 Å². The van der Waals surface area contributed by atoms with E-state index in [0.29, 0.717) is 5.92 Å². The molecule has 2 unspecified atom stereocenters. The van der Waals surface area contributed by atoms with Crippen LogP contribution >= 0.6 is 31.8 Å². The van der Waals surface area contributed by atoms with Gasteiger partial charge in [-0.15, -0.1) is 9.24 Å². The third kappa shape index (κ3) is 3.66. The van der Waals surface area contributed by atoms with Gasteiger partial charge in [0.25, 0.3) is 0 Å². The number of nitrogens with one attached hydrogen (secondary N) is 2. The van der Waals surface area contributed by atoms with Crippen molar-refractivity contribution in [2.24, 2.45) is 0 Å². The number of nitrogens with zero attached hydrogens (tertiary/aromatic N) is 1. The molecule has 5 rings (SSSR count). The molecule has 6 heteroatoms. The summed E-state index contributed by atoms with van der Waals surface area (Å²) in [6.07, 6.45) is 4.28. The lowest BCUT2D eigenvalue weighted by Crippen LogP contribution is -2.09. The average molecular weight is 513 g/mol. The quantitative estimate of drug-likeness (QED) is 0.202. The normalized spacial score (nSPS) is 16.1. The molecule has 2 atom stereocenters. The Bertz CT molecular complexity index is 1280. The maximum Gasteiger partial charge on any atom is 0.249 e. The summed E-state index contributed by atoms with van der Waals surface area (Å²) in [5.41, 5.74) is 7.01. The first-order valence-corrected chi connectivity index (χ1v) is 11.4. The number of H-pyrrole nitrogens is 2. The van der Waals surface area contributed by atoms with Crippen molar-refractivity contribution in [3.63, 3.8) is 0 Å². The molecule has 1 aliphatic rings. The van der Waals surface area contributed by atoms with Crippen molar-refractivity contribution in [3.05, 3.63) is 76.3 Å². The Morgan fingerprint density at radius 1 is 1.10 bits per heavy atom. The summed E-state index contributed by atoms with van der Waals surface area (Å²) in [6, 6.07) is 16.2. The summed E-state index contributed by atoms with van der Waals surface area (Å²) in [6.45, 7) is 2.14. The Morgan fingerprint density at radius 3 is 2.66 bits per heavy atom. The molecule has 2 N–H and O–H groups in total. The maximum atomic E-state index is 12.6. The largest absolute Gasteiger partial charge is 0.343 e. The summed E-state index contributed by atoms with van der Waals surface area (Å²) >= 11 is 2.41. The fourth-order valence-corrected chi connectivity index (χ4v) is 4.62. The van der Waals surface area contributed by atoms with Crippen molar-refractivity contribution in [1.29, 1.82) is 0 Å². The van der Waals surface area contributed by atoms with Crippen LogP contribution in [0.2, 0.25) is 0 Å². The lowest BCUT2D eigenvalue weighted by atomic mass is 9.98. The van der Waals surface area contributed by atoms with Crippen molar-refractivity contribution in [2.75, 3.05) is 0 Å². The number of alkyl halides is 1. The Labute approximate surface area is 184 Å². The van der Waals surface area contributed by atoms with Gasteiger partial charge in [0.1, 0.15) is 5.65 Å². The highest BCUT2D eigenvalue weighted by Gasteiger charge is 2.26. The molecule has 4 aromatic rings. The van der Waals surface area contributed by atoms with Crippen LogP contribution in [0.3, 0.4) is 0 Å². The number of rotatable bonds is 4. The van der Waals surface area contributed by atoms with Gasteiger partial charge >= 0.3 is 0 Å². The van der Waals surface area contributed by atoms with E-state index in [1.165, 1.54) is 18.5 Å². The second-order valence-electron chi connectivity index (χ2n) is 7.89. The standard InChI is InChI=1S/C23H21IN3OP/c1-23(24,29)18-5-3-2-4-16(18)20-10-14(11-21(28)26-20)15-8-9-25-22-17(15)12-19(27-22)13-6-7-13/h2-5,8-13H,6-7,29H2,1H3,(H,25,27)(H,26,28). The molecule has 1 aliphatic carbocycles. The lowest BCUT2D eigenvalue weighted by Gasteiger charge is -2.21. The van der Waals surface area contributed by atoms with Gasteiger partial charge < -0.3 is 9.97 Å². The van der Waals surface area contributed by atoms with Crippen LogP contribution in [0, 0.1) is 0 Å². The minimum Gasteiger partial charge on any atom is -0.343 e. The highest BCUT2D eigenvalue weighted by Crippen LogP contribution is 2.44. The third-order valence-corrected chi connectivity index (χ3v) is 6.36. The molecule has 0 spiro atoms. The molecule has 0 radical (unpaired) electrons. The Morgan fingerprint density at radius 2 is 1.90 bits per heavy atom. The van der Waals surface area contributed by atoms with Crippen LogP contribution in [0.1, 0.15) is 36.9 Å². The van der Waals surface area contributed by atoms with E-state index < -0.39 is 0 Å². The van der Waals surface area contributed by atoms with Crippen LogP contribution in [-0.4, -0.2) is 15.0 Å². The van der Waals surface area contributed by atoms with Gasteiger partial charge in [0.05, 0.1) is 3.16 Å². The first-order chi connectivity index (χ1) is 13.9. The van der Waals surface area contributed by atoms with Gasteiger partial charge in [-0.3, -0.25) is 4.79 Å². The molecular formula is C23H21IN3OP. The van der Waals surface area contributed by atoms with Crippen molar-refractivity contribution in [1.82, 2.24) is 15.0 Å². The van der Waals surface area contributed by atoms with E-state index in [0.717, 1.165) is 39.0 Å². The molecular weight excluding hydrogens is 492 g/mol. The van der Waals surface area contributed by atoms with Crippen LogP contribution < -0.4 is 5.56 Å². The van der Waals surface area contributed by atoms with Crippen molar-refractivity contribution < 1.29 is 0 Å². The second kappa shape index (κ2) is 7.06. The molecule has 0 bridgehead atoms. The van der Waals surface area contributed by atoms with Crippen molar-refractivity contribution >= 4 is 42.9 Å². The molecule has 3 aromatic heterocycles. The number of hydrogen-bond donors (Lipinski definition) is 2. The molecule has 146 valence electrons. The smallest absolute Gasteiger partial charge is 0.249 e. The van der Waals surface area contributed by atoms with Crippen LogP contribution in [0.25, 0.3) is 33.4 Å². The fraction of sp³-hybridized carbons (Fsp3) is 0.217. The van der Waals surface area contributed by atoms with Gasteiger partial charge in [-0.25, -0.2) is 4.98 Å². The SMILES string of the molecule is CC(P)(I)c1ccccc1-c1cc(-c2ccnc3[nH]c(C4CC4)cc23)cc(=O)[nH]1. The number of benzene rings is 1. The van der Waals surface area contributed by atoms with E-state index in [-0.39, 0.29) is 8.72 Å². The number of hydrogen-bond acceptors (Lipinski definition) is 2. The zero-order chi connectivity index (χ0) is 20.2. The summed E-state index contributed by atoms with van der Waals surface area (Å²) in [7, 11) is 2.88. The molecule has 4 nitrogen and oxygen atoms in total. The lowest BCUT2D eigenvalue weighted by molar-refractivity contribution is 1.05. The number of aromatic amines is 2. The van der Waals surface area contributed by atoms with Crippen molar-refractivity contribution in [2.45, 2.75) is 28.8 Å². The van der Waals surface area contributed by atoms with E-state index in [2.05, 4.69) is 78.0 Å². The van der Waals surface area contributed by atoms with Crippen LogP contribution in [0.5, 0.6) is 0 Å². The number of aromatic nitrogens is 3. The van der Waals surface area contributed by atoms with Crippen molar-refractivity contribution in [3.8, 4) is 22.4 Å². The molecule has 1 aromatic carbocycles. The van der Waals surface area contributed by atoms with E-state index in [1.807, 2.05) is 24.4 Å². The minimum absolute atomic E-state index is 0.103. The molecule has 0 saturated heterocycles. The Balaban J connectivity index is 1.69. The summed E-state index contributed by atoms with van der Waals surface area (Å²) in [5.74, 6) is 0.627. The third-order valence-electron chi connectivity index (χ3n) is 5.47. The molecule has 0 aliphatic heterocycles. The number of pyridine rings is 2. The average Bonchev–Trinajstić information content (AvgIpc) is 3.45. The summed E-state index contributed by atoms with van der Waals surface area (Å²) in [5, 5.41) is 1.07. The van der Waals surface area contributed by atoms with Crippen LogP contribution in [-0.2, 0) is 3.16 Å². The highest BCUT2D eigenvalue weighted by molar-refractivity contribution is 14.1. The first-order valence-electron chi connectivity index (χ1n) is 9.70. The van der Waals surface area contributed by atoms with Gasteiger partial charge in [0.15, 0.2) is 0 Å². The monoisotopic (exact) mass is 513 g/mol. The predicted octanol–water partition coefficient (Wildman–Crippen LogP) is 5.95. The summed E-state index contributed by atoms with van der Waals surface area (Å²) < 4.78 is -0.134. The van der Waals surface area contributed by atoms with Gasteiger partial charge in [-0.2, -0.15) is 0 Å². The first kappa shape index (κ1) is 19.0. The van der Waals surface area contributed by atoms with Gasteiger partial charge in [-0.05, 0) is 60.6 Å². The molecule has 3 heterocycles. The molecule has 29 heavy (non-hydrogen) atoms. The van der Waals surface area contributed by atoms with E-state index in [9.17, 15) is 4.79 Å². The number of fused-ring (bicyclic) bond motifs is 1. The van der Waals surface area contributed by atoms with Gasteiger partial charge in [0, 0.05) is 34.6 Å².